The first kappa shape index (κ1) is 26.6. The number of nitrogens with zero attached hydrogens (tertiary/aromatic N) is 6. The van der Waals surface area contributed by atoms with Crippen molar-refractivity contribution in [2.45, 2.75) is 31.3 Å². The highest BCUT2D eigenvalue weighted by molar-refractivity contribution is 7.98. The number of hydrogen-bond acceptors (Lipinski definition) is 9. The van der Waals surface area contributed by atoms with E-state index in [0.29, 0.717) is 38.3 Å². The first-order chi connectivity index (χ1) is 18.5. The maximum absolute atomic E-state index is 14.2. The second-order valence-corrected chi connectivity index (χ2v) is 11.4. The lowest BCUT2D eigenvalue weighted by Crippen LogP contribution is -2.17. The van der Waals surface area contributed by atoms with E-state index >= 15 is 0 Å². The van der Waals surface area contributed by atoms with Crippen LogP contribution in [0.4, 0.5) is 0 Å². The summed E-state index contributed by atoms with van der Waals surface area (Å²) in [6.45, 7) is 4.16. The molecular formula is C25H26ClN6O4PS. The Morgan fingerprint density at radius 1 is 1.00 bits per heavy atom. The minimum Gasteiger partial charge on any atom is -0.486 e. The highest BCUT2D eigenvalue weighted by Crippen LogP contribution is 2.61. The van der Waals surface area contributed by atoms with Crippen molar-refractivity contribution < 1.29 is 18.3 Å². The van der Waals surface area contributed by atoms with Crippen LogP contribution in [0.2, 0.25) is 5.02 Å². The van der Waals surface area contributed by atoms with E-state index in [1.165, 1.54) is 11.8 Å². The molecule has 0 unspecified atom stereocenters. The molecule has 0 amide bonds. The third-order valence-electron chi connectivity index (χ3n) is 5.66. The van der Waals surface area contributed by atoms with Gasteiger partial charge in [-0.3, -0.25) is 4.57 Å². The molecule has 10 nitrogen and oxygen atoms in total. The van der Waals surface area contributed by atoms with Gasteiger partial charge in [0.05, 0.1) is 18.6 Å². The number of fused-ring (bicyclic) bond motifs is 3. The Morgan fingerprint density at radius 2 is 1.71 bits per heavy atom. The predicted molar refractivity (Wildman–Crippen MR) is 147 cm³/mol. The van der Waals surface area contributed by atoms with Crippen LogP contribution in [0, 0.1) is 0 Å². The van der Waals surface area contributed by atoms with Gasteiger partial charge in [0.15, 0.2) is 22.9 Å². The first-order valence-corrected chi connectivity index (χ1v) is 15.2. The lowest BCUT2D eigenvalue weighted by atomic mass is 10.2. The molecule has 0 fully saturated rings. The van der Waals surface area contributed by atoms with Crippen molar-refractivity contribution in [3.8, 4) is 5.75 Å². The summed E-state index contributed by atoms with van der Waals surface area (Å²) in [5, 5.41) is 11.3. The van der Waals surface area contributed by atoms with Crippen LogP contribution in [0.5, 0.6) is 5.75 Å². The zero-order valence-corrected chi connectivity index (χ0v) is 23.5. The Labute approximate surface area is 228 Å². The molecule has 2 aromatic carbocycles. The lowest BCUT2D eigenvalue weighted by Gasteiger charge is -2.27. The maximum Gasteiger partial charge on any atom is 0.359 e. The van der Waals surface area contributed by atoms with Gasteiger partial charge in [0.2, 0.25) is 0 Å². The highest BCUT2D eigenvalue weighted by atomic mass is 35.5. The fourth-order valence-corrected chi connectivity index (χ4v) is 6.85. The quantitative estimate of drug-likeness (QED) is 0.134. The summed E-state index contributed by atoms with van der Waals surface area (Å²) >= 11 is 7.40. The molecule has 0 saturated carbocycles. The van der Waals surface area contributed by atoms with Crippen LogP contribution in [-0.4, -0.2) is 48.8 Å². The zero-order valence-electron chi connectivity index (χ0n) is 21.0. The largest absolute Gasteiger partial charge is 0.486 e. The van der Waals surface area contributed by atoms with Gasteiger partial charge in [-0.1, -0.05) is 41.9 Å². The summed E-state index contributed by atoms with van der Waals surface area (Å²) in [5.74, 6) is 0.281. The van der Waals surface area contributed by atoms with E-state index in [2.05, 4.69) is 10.1 Å². The second-order valence-electron chi connectivity index (χ2n) is 8.10. The van der Waals surface area contributed by atoms with Crippen molar-refractivity contribution in [2.75, 3.05) is 19.5 Å². The average Bonchev–Trinajstić information content (AvgIpc) is 3.50. The highest BCUT2D eigenvalue weighted by Gasteiger charge is 2.41. The van der Waals surface area contributed by atoms with E-state index < -0.39 is 13.4 Å². The van der Waals surface area contributed by atoms with E-state index in [1.54, 1.807) is 53.6 Å². The number of thioether (sulfide) groups is 1. The minimum absolute atomic E-state index is 0.157. The van der Waals surface area contributed by atoms with Gasteiger partial charge < -0.3 is 13.8 Å². The predicted octanol–water partition coefficient (Wildman–Crippen LogP) is 6.24. The summed E-state index contributed by atoms with van der Waals surface area (Å²) in [6.07, 6.45) is 3.48. The summed E-state index contributed by atoms with van der Waals surface area (Å²) < 4.78 is 34.8. The van der Waals surface area contributed by atoms with Gasteiger partial charge in [0.25, 0.3) is 0 Å². The van der Waals surface area contributed by atoms with Crippen molar-refractivity contribution in [1.82, 2.24) is 29.4 Å². The number of aromatic nitrogens is 6. The molecule has 0 aliphatic heterocycles. The summed E-state index contributed by atoms with van der Waals surface area (Å²) in [4.78, 5) is 9.38. The van der Waals surface area contributed by atoms with Crippen molar-refractivity contribution in [3.05, 3.63) is 77.3 Å². The van der Waals surface area contributed by atoms with Gasteiger partial charge in [-0.15, -0.1) is 16.9 Å². The van der Waals surface area contributed by atoms with Gasteiger partial charge >= 0.3 is 7.60 Å². The van der Waals surface area contributed by atoms with Crippen LogP contribution >= 0.6 is 31.0 Å². The first-order valence-electron chi connectivity index (χ1n) is 12.0. The molecule has 38 heavy (non-hydrogen) atoms. The molecule has 0 aliphatic carbocycles. The molecule has 0 bridgehead atoms. The fraction of sp³-hybridized carbons (Fsp3) is 0.280. The Hall–Kier alpha value is -2.95. The van der Waals surface area contributed by atoms with E-state index in [4.69, 9.17) is 35.5 Å². The van der Waals surface area contributed by atoms with Gasteiger partial charge in [-0.05, 0) is 49.9 Å². The van der Waals surface area contributed by atoms with E-state index in [1.807, 2.05) is 36.6 Å². The molecule has 0 radical (unpaired) electrons. The monoisotopic (exact) mass is 572 g/mol. The van der Waals surface area contributed by atoms with Crippen molar-refractivity contribution in [2.24, 2.45) is 0 Å². The van der Waals surface area contributed by atoms with Gasteiger partial charge in [-0.2, -0.15) is 5.10 Å². The third-order valence-corrected chi connectivity index (χ3v) is 8.94. The number of halogens is 1. The Balaban J connectivity index is 1.62. The van der Waals surface area contributed by atoms with E-state index in [-0.39, 0.29) is 19.8 Å². The normalized spacial score (nSPS) is 12.8. The summed E-state index contributed by atoms with van der Waals surface area (Å²) in [7, 11) is -3.70. The Morgan fingerprint density at radius 3 is 2.37 bits per heavy atom. The Kier molecular flexibility index (Phi) is 8.01. The number of hydrogen-bond donors (Lipinski definition) is 0. The van der Waals surface area contributed by atoms with Crippen LogP contribution < -0.4 is 4.74 Å². The van der Waals surface area contributed by atoms with Crippen LogP contribution in [0.3, 0.4) is 0 Å². The molecule has 0 saturated heterocycles. The zero-order chi connectivity index (χ0) is 26.7. The molecule has 0 aliphatic rings. The maximum atomic E-state index is 14.2. The number of rotatable bonds is 11. The Bertz CT molecular complexity index is 1580. The van der Waals surface area contributed by atoms with Crippen LogP contribution in [0.15, 0.2) is 66.0 Å². The molecule has 198 valence electrons. The topological polar surface area (TPSA) is 106 Å². The average molecular weight is 573 g/mol. The van der Waals surface area contributed by atoms with Crippen molar-refractivity contribution in [3.63, 3.8) is 0 Å². The van der Waals surface area contributed by atoms with Gasteiger partial charge in [0, 0.05) is 5.02 Å². The van der Waals surface area contributed by atoms with Crippen LogP contribution in [0.25, 0.3) is 16.7 Å². The third kappa shape index (κ3) is 5.17. The molecule has 3 aromatic heterocycles. The fourth-order valence-electron chi connectivity index (χ4n) is 4.13. The molecule has 0 spiro atoms. The molecule has 0 N–H and O–H groups in total. The van der Waals surface area contributed by atoms with Crippen molar-refractivity contribution >= 4 is 47.6 Å². The van der Waals surface area contributed by atoms with Crippen LogP contribution in [-0.2, 0) is 20.2 Å². The summed E-state index contributed by atoms with van der Waals surface area (Å²) in [6, 6.07) is 16.5. The smallest absolute Gasteiger partial charge is 0.359 e. The van der Waals surface area contributed by atoms with E-state index in [9.17, 15) is 4.57 Å². The van der Waals surface area contributed by atoms with Crippen LogP contribution in [0.1, 0.15) is 31.0 Å². The van der Waals surface area contributed by atoms with Gasteiger partial charge in [0.1, 0.15) is 23.7 Å². The van der Waals surface area contributed by atoms with Crippen molar-refractivity contribution in [1.29, 1.82) is 0 Å². The van der Waals surface area contributed by atoms with E-state index in [0.717, 1.165) is 5.56 Å². The molecule has 5 aromatic rings. The van der Waals surface area contributed by atoms with Gasteiger partial charge in [-0.25, -0.2) is 19.2 Å². The second kappa shape index (κ2) is 11.4. The lowest BCUT2D eigenvalue weighted by molar-refractivity contribution is 0.207. The molecule has 5 rings (SSSR count). The number of ether oxygens (including phenoxy) is 1. The standard InChI is InChI=1S/C25H26ClN6O4PS/c1-4-35-37(33,36-5-2)25(17-9-7-6-8-10-17)32-22-21(24(30-32)38-3)23-28-20(29-31(23)16-27-22)15-34-19-13-11-18(26)12-14-19/h6-14,16,25H,4-5,15H2,1-3H3/t25-/m1/s1. The molecule has 1 atom stereocenters. The number of benzene rings is 2. The minimum atomic E-state index is -3.70. The summed E-state index contributed by atoms with van der Waals surface area (Å²) in [5.41, 5.74) is 1.79. The SMILES string of the molecule is CCOP(=O)(OCC)[C@H](c1ccccc1)n1nc(SC)c2c1ncn1nc(COc3ccc(Cl)cc3)nc21. The molecule has 13 heteroatoms. The molecular weight excluding hydrogens is 547 g/mol. The molecule has 3 heterocycles.